The molecule has 11 heavy (non-hydrogen) atoms. The summed E-state index contributed by atoms with van der Waals surface area (Å²) in [5.41, 5.74) is 0. The highest BCUT2D eigenvalue weighted by molar-refractivity contribution is 7.98. The molecule has 0 aliphatic heterocycles. The van der Waals surface area contributed by atoms with E-state index in [9.17, 15) is 8.78 Å². The van der Waals surface area contributed by atoms with E-state index in [2.05, 4.69) is 10.2 Å². The van der Waals surface area contributed by atoms with Gasteiger partial charge in [0.05, 0.1) is 0 Å². The van der Waals surface area contributed by atoms with Crippen molar-refractivity contribution < 1.29 is 8.78 Å². The van der Waals surface area contributed by atoms with Gasteiger partial charge in [-0.15, -0.1) is 10.2 Å². The van der Waals surface area contributed by atoms with Crippen LogP contribution < -0.4 is 0 Å². The van der Waals surface area contributed by atoms with Gasteiger partial charge in [0.2, 0.25) is 5.82 Å². The summed E-state index contributed by atoms with van der Waals surface area (Å²) >= 11 is 1.29. The number of nitrogens with zero attached hydrogens (tertiary/aromatic N) is 3. The predicted molar refractivity (Wildman–Crippen MR) is 37.7 cm³/mol. The van der Waals surface area contributed by atoms with Crippen molar-refractivity contribution >= 4 is 11.8 Å². The Morgan fingerprint density at radius 1 is 1.45 bits per heavy atom. The summed E-state index contributed by atoms with van der Waals surface area (Å²) in [5, 5.41) is 7.38. The standard InChI is InChI=1S/C5H7F2N3S/c1-10-4(3(6)7)8-9-5(10)11-2/h3H,1-2H3. The van der Waals surface area contributed by atoms with Crippen LogP contribution in [0.4, 0.5) is 8.78 Å². The Labute approximate surface area is 66.8 Å². The quantitative estimate of drug-likeness (QED) is 0.644. The molecule has 0 amide bonds. The molecule has 0 aliphatic rings. The van der Waals surface area contributed by atoms with Crippen LogP contribution in [0, 0.1) is 0 Å². The average Bonchev–Trinajstić information content (AvgIpc) is 2.30. The Morgan fingerprint density at radius 2 is 2.09 bits per heavy atom. The zero-order valence-electron chi connectivity index (χ0n) is 6.08. The molecule has 0 bridgehead atoms. The van der Waals surface area contributed by atoms with Crippen molar-refractivity contribution in [2.75, 3.05) is 6.26 Å². The number of rotatable bonds is 2. The van der Waals surface area contributed by atoms with Crippen molar-refractivity contribution in [2.45, 2.75) is 11.6 Å². The highest BCUT2D eigenvalue weighted by atomic mass is 32.2. The molecule has 6 heteroatoms. The fourth-order valence-electron chi connectivity index (χ4n) is 0.694. The molecule has 0 aromatic carbocycles. The second-order valence-electron chi connectivity index (χ2n) is 1.90. The van der Waals surface area contributed by atoms with Gasteiger partial charge in [0.15, 0.2) is 5.16 Å². The maximum Gasteiger partial charge on any atom is 0.297 e. The average molecular weight is 179 g/mol. The molecule has 1 aromatic heterocycles. The largest absolute Gasteiger partial charge is 0.304 e. The number of thioether (sulfide) groups is 1. The number of hydrogen-bond donors (Lipinski definition) is 0. The zero-order chi connectivity index (χ0) is 8.43. The molecular formula is C5H7F2N3S. The molecule has 0 aliphatic carbocycles. The van der Waals surface area contributed by atoms with Crippen molar-refractivity contribution in [2.24, 2.45) is 7.05 Å². The number of aromatic nitrogens is 3. The Kier molecular flexibility index (Phi) is 2.43. The highest BCUT2D eigenvalue weighted by Crippen LogP contribution is 2.19. The molecule has 1 aromatic rings. The van der Waals surface area contributed by atoms with Crippen molar-refractivity contribution in [1.29, 1.82) is 0 Å². The summed E-state index contributed by atoms with van der Waals surface area (Å²) in [6, 6.07) is 0. The van der Waals surface area contributed by atoms with E-state index in [0.29, 0.717) is 5.16 Å². The van der Waals surface area contributed by atoms with Gasteiger partial charge in [-0.05, 0) is 6.26 Å². The highest BCUT2D eigenvalue weighted by Gasteiger charge is 2.16. The van der Waals surface area contributed by atoms with Gasteiger partial charge in [0.25, 0.3) is 6.43 Å². The summed E-state index contributed by atoms with van der Waals surface area (Å²) in [6.45, 7) is 0. The fraction of sp³-hybridized carbons (Fsp3) is 0.600. The Bertz CT molecular complexity index is 248. The minimum atomic E-state index is -2.55. The SMILES string of the molecule is CSc1nnc(C(F)F)n1C. The van der Waals surface area contributed by atoms with Gasteiger partial charge in [0.1, 0.15) is 0 Å². The van der Waals surface area contributed by atoms with E-state index in [1.54, 1.807) is 6.26 Å². The molecule has 0 atom stereocenters. The fourth-order valence-corrected chi connectivity index (χ4v) is 1.18. The van der Waals surface area contributed by atoms with Crippen LogP contribution in [0.25, 0.3) is 0 Å². The lowest BCUT2D eigenvalue weighted by Crippen LogP contribution is -1.98. The monoisotopic (exact) mass is 179 g/mol. The van der Waals surface area contributed by atoms with Crippen LogP contribution in [-0.4, -0.2) is 21.0 Å². The Hall–Kier alpha value is -0.650. The number of hydrogen-bond acceptors (Lipinski definition) is 3. The van der Waals surface area contributed by atoms with E-state index < -0.39 is 6.43 Å². The molecular weight excluding hydrogens is 172 g/mol. The third-order valence-corrected chi connectivity index (χ3v) is 1.97. The molecule has 0 fully saturated rings. The van der Waals surface area contributed by atoms with Gasteiger partial charge in [-0.25, -0.2) is 8.78 Å². The van der Waals surface area contributed by atoms with Gasteiger partial charge in [0, 0.05) is 7.05 Å². The van der Waals surface area contributed by atoms with Gasteiger partial charge >= 0.3 is 0 Å². The lowest BCUT2D eigenvalue weighted by Gasteiger charge is -1.98. The van der Waals surface area contributed by atoms with Crippen LogP contribution in [0.15, 0.2) is 5.16 Å². The summed E-state index contributed by atoms with van der Waals surface area (Å²) in [4.78, 5) is 0. The lowest BCUT2D eigenvalue weighted by atomic mass is 10.6. The van der Waals surface area contributed by atoms with Crippen molar-refractivity contribution in [3.8, 4) is 0 Å². The summed E-state index contributed by atoms with van der Waals surface area (Å²) in [7, 11) is 1.52. The van der Waals surface area contributed by atoms with Crippen LogP contribution in [-0.2, 0) is 7.05 Å². The zero-order valence-corrected chi connectivity index (χ0v) is 6.90. The number of alkyl halides is 2. The molecule has 3 nitrogen and oxygen atoms in total. The molecule has 0 unspecified atom stereocenters. The first kappa shape index (κ1) is 8.45. The van der Waals surface area contributed by atoms with Gasteiger partial charge in [-0.1, -0.05) is 11.8 Å². The Morgan fingerprint density at radius 3 is 2.36 bits per heavy atom. The minimum Gasteiger partial charge on any atom is -0.304 e. The van der Waals surface area contributed by atoms with E-state index >= 15 is 0 Å². The maximum atomic E-state index is 12.0. The Balaban J connectivity index is 3.00. The van der Waals surface area contributed by atoms with Crippen molar-refractivity contribution in [1.82, 2.24) is 14.8 Å². The third kappa shape index (κ3) is 1.50. The van der Waals surface area contributed by atoms with Crippen LogP contribution in [0.2, 0.25) is 0 Å². The predicted octanol–water partition coefficient (Wildman–Crippen LogP) is 1.47. The van der Waals surface area contributed by atoms with Crippen LogP contribution in [0.3, 0.4) is 0 Å². The molecule has 0 N–H and O–H groups in total. The molecule has 62 valence electrons. The van der Waals surface area contributed by atoms with Gasteiger partial charge in [-0.2, -0.15) is 0 Å². The van der Waals surface area contributed by atoms with E-state index in [1.807, 2.05) is 0 Å². The molecule has 0 saturated heterocycles. The maximum absolute atomic E-state index is 12.0. The van der Waals surface area contributed by atoms with E-state index in [4.69, 9.17) is 0 Å². The topological polar surface area (TPSA) is 30.7 Å². The van der Waals surface area contributed by atoms with Crippen molar-refractivity contribution in [3.63, 3.8) is 0 Å². The van der Waals surface area contributed by atoms with E-state index in [1.165, 1.54) is 23.4 Å². The first-order valence-electron chi connectivity index (χ1n) is 2.88. The number of halogens is 2. The normalized spacial score (nSPS) is 11.0. The van der Waals surface area contributed by atoms with Crippen molar-refractivity contribution in [3.05, 3.63) is 5.82 Å². The second-order valence-corrected chi connectivity index (χ2v) is 2.68. The van der Waals surface area contributed by atoms with Crippen LogP contribution in [0.1, 0.15) is 12.2 Å². The first-order valence-corrected chi connectivity index (χ1v) is 4.10. The minimum absolute atomic E-state index is 0.283. The molecule has 0 radical (unpaired) electrons. The van der Waals surface area contributed by atoms with Crippen LogP contribution in [0.5, 0.6) is 0 Å². The first-order chi connectivity index (χ1) is 5.16. The van der Waals surface area contributed by atoms with Gasteiger partial charge in [-0.3, -0.25) is 0 Å². The van der Waals surface area contributed by atoms with E-state index in [0.717, 1.165) is 0 Å². The molecule has 0 spiro atoms. The lowest BCUT2D eigenvalue weighted by molar-refractivity contribution is 0.135. The molecule has 0 saturated carbocycles. The summed E-state index contributed by atoms with van der Waals surface area (Å²) in [5.74, 6) is -0.283. The summed E-state index contributed by atoms with van der Waals surface area (Å²) in [6.07, 6.45) is -0.785. The third-order valence-electron chi connectivity index (χ3n) is 1.25. The molecule has 1 heterocycles. The van der Waals surface area contributed by atoms with E-state index in [-0.39, 0.29) is 5.82 Å². The summed E-state index contributed by atoms with van der Waals surface area (Å²) < 4.78 is 25.4. The molecule has 1 rings (SSSR count). The van der Waals surface area contributed by atoms with Gasteiger partial charge < -0.3 is 4.57 Å². The smallest absolute Gasteiger partial charge is 0.297 e. The van der Waals surface area contributed by atoms with Crippen LogP contribution >= 0.6 is 11.8 Å². The second kappa shape index (κ2) is 3.17.